The van der Waals surface area contributed by atoms with E-state index < -0.39 is 0 Å². The summed E-state index contributed by atoms with van der Waals surface area (Å²) >= 11 is 0. The third-order valence-electron chi connectivity index (χ3n) is 4.69. The highest BCUT2D eigenvalue weighted by Gasteiger charge is 2.39. The zero-order chi connectivity index (χ0) is 17.1. The molecule has 2 aromatic heterocycles. The molecule has 0 unspecified atom stereocenters. The van der Waals surface area contributed by atoms with Crippen molar-refractivity contribution in [3.8, 4) is 11.6 Å². The highest BCUT2D eigenvalue weighted by atomic mass is 16.5. The quantitative estimate of drug-likeness (QED) is 0.745. The van der Waals surface area contributed by atoms with Crippen LogP contribution >= 0.6 is 0 Å². The number of aryl methyl sites for hydroxylation is 1. The fourth-order valence-electron chi connectivity index (χ4n) is 3.19. The third kappa shape index (κ3) is 3.20. The van der Waals surface area contributed by atoms with E-state index in [1.165, 1.54) is 5.56 Å². The normalized spacial score (nSPS) is 15.5. The number of rotatable bonds is 6. The van der Waals surface area contributed by atoms with E-state index in [2.05, 4.69) is 27.6 Å². The van der Waals surface area contributed by atoms with Gasteiger partial charge in [-0.3, -0.25) is 4.79 Å². The lowest BCUT2D eigenvalue weighted by Gasteiger charge is -2.43. The summed E-state index contributed by atoms with van der Waals surface area (Å²) in [5, 5.41) is 7.08. The van der Waals surface area contributed by atoms with Gasteiger partial charge in [-0.15, -0.1) is 0 Å². The molecule has 0 aliphatic heterocycles. The first-order chi connectivity index (χ1) is 12.3. The van der Waals surface area contributed by atoms with Gasteiger partial charge in [0.1, 0.15) is 0 Å². The number of aromatic nitrogens is 2. The molecule has 128 valence electrons. The number of amides is 1. The van der Waals surface area contributed by atoms with Crippen LogP contribution in [0.5, 0.6) is 0 Å². The summed E-state index contributed by atoms with van der Waals surface area (Å²) in [5.41, 5.74) is 0.958. The summed E-state index contributed by atoms with van der Waals surface area (Å²) in [6.45, 7) is 0. The minimum absolute atomic E-state index is 0.00121. The van der Waals surface area contributed by atoms with E-state index in [0.717, 1.165) is 19.3 Å². The van der Waals surface area contributed by atoms with Crippen molar-refractivity contribution in [2.24, 2.45) is 0 Å². The summed E-state index contributed by atoms with van der Waals surface area (Å²) in [6, 6.07) is 13.7. The van der Waals surface area contributed by atoms with Gasteiger partial charge in [0.05, 0.1) is 11.8 Å². The van der Waals surface area contributed by atoms with Gasteiger partial charge in [-0.1, -0.05) is 35.5 Å². The zero-order valence-electron chi connectivity index (χ0n) is 13.8. The van der Waals surface area contributed by atoms with Gasteiger partial charge in [0.2, 0.25) is 17.6 Å². The zero-order valence-corrected chi connectivity index (χ0v) is 13.8. The number of hydrogen-bond donors (Lipinski definition) is 1. The molecule has 1 N–H and O–H groups in total. The topological polar surface area (TPSA) is 81.2 Å². The number of benzene rings is 1. The van der Waals surface area contributed by atoms with Crippen molar-refractivity contribution in [3.05, 3.63) is 60.2 Å². The summed E-state index contributed by atoms with van der Waals surface area (Å²) in [6.07, 6.45) is 5.36. The van der Waals surface area contributed by atoms with Gasteiger partial charge in [-0.25, -0.2) is 0 Å². The van der Waals surface area contributed by atoms with E-state index in [1.54, 1.807) is 18.4 Å². The van der Waals surface area contributed by atoms with Crippen LogP contribution in [0.25, 0.3) is 11.6 Å². The predicted molar refractivity (Wildman–Crippen MR) is 90.4 cm³/mol. The number of nitrogens with zero attached hydrogens (tertiary/aromatic N) is 2. The van der Waals surface area contributed by atoms with Crippen LogP contribution in [0.2, 0.25) is 0 Å². The molecule has 1 aromatic carbocycles. The monoisotopic (exact) mass is 337 g/mol. The van der Waals surface area contributed by atoms with Crippen LogP contribution in [-0.4, -0.2) is 16.0 Å². The fourth-order valence-corrected chi connectivity index (χ4v) is 3.19. The minimum atomic E-state index is -0.216. The second-order valence-electron chi connectivity index (χ2n) is 6.34. The molecule has 2 heterocycles. The summed E-state index contributed by atoms with van der Waals surface area (Å²) in [4.78, 5) is 16.7. The summed E-state index contributed by atoms with van der Waals surface area (Å²) < 4.78 is 10.4. The number of furan rings is 1. The first kappa shape index (κ1) is 15.6. The number of nitrogens with one attached hydrogen (secondary N) is 1. The van der Waals surface area contributed by atoms with Crippen LogP contribution in [0.15, 0.2) is 57.7 Å². The maximum Gasteiger partial charge on any atom is 0.238 e. The lowest BCUT2D eigenvalue weighted by atomic mass is 9.71. The second-order valence-corrected chi connectivity index (χ2v) is 6.34. The Hall–Kier alpha value is -2.89. The third-order valence-corrected chi connectivity index (χ3v) is 4.69. The minimum Gasteiger partial charge on any atom is -0.461 e. The highest BCUT2D eigenvalue weighted by molar-refractivity contribution is 5.77. The fraction of sp³-hybridized carbons (Fsp3) is 0.316. The molecule has 0 atom stereocenters. The van der Waals surface area contributed by atoms with Gasteiger partial charge < -0.3 is 14.3 Å². The molecule has 0 spiro atoms. The molecule has 6 heteroatoms. The van der Waals surface area contributed by atoms with Crippen molar-refractivity contribution >= 4 is 5.91 Å². The molecule has 1 fully saturated rings. The first-order valence-electron chi connectivity index (χ1n) is 8.48. The Morgan fingerprint density at radius 1 is 1.16 bits per heavy atom. The van der Waals surface area contributed by atoms with E-state index in [-0.39, 0.29) is 11.4 Å². The van der Waals surface area contributed by atoms with Gasteiger partial charge in [0.25, 0.3) is 0 Å². The summed E-state index contributed by atoms with van der Waals surface area (Å²) in [5.74, 6) is 1.39. The Balaban J connectivity index is 1.36. The van der Waals surface area contributed by atoms with Crippen LogP contribution in [0.1, 0.15) is 37.1 Å². The van der Waals surface area contributed by atoms with E-state index >= 15 is 0 Å². The van der Waals surface area contributed by atoms with Crippen molar-refractivity contribution in [3.63, 3.8) is 0 Å². The molecule has 0 radical (unpaired) electrons. The van der Waals surface area contributed by atoms with Crippen molar-refractivity contribution in [1.82, 2.24) is 15.5 Å². The average molecular weight is 337 g/mol. The Bertz CT molecular complexity index is 836. The number of carbonyl (C=O) groups excluding carboxylic acids is 1. The van der Waals surface area contributed by atoms with Crippen LogP contribution in [0, 0.1) is 0 Å². The van der Waals surface area contributed by atoms with Crippen LogP contribution < -0.4 is 5.32 Å². The molecule has 3 aromatic rings. The van der Waals surface area contributed by atoms with Crippen molar-refractivity contribution < 1.29 is 13.7 Å². The average Bonchev–Trinajstić information content (AvgIpc) is 3.28. The maximum atomic E-state index is 12.4. The highest BCUT2D eigenvalue weighted by Crippen LogP contribution is 2.41. The smallest absolute Gasteiger partial charge is 0.238 e. The molecule has 1 saturated carbocycles. The molecule has 1 aliphatic carbocycles. The van der Waals surface area contributed by atoms with E-state index in [4.69, 9.17) is 8.94 Å². The van der Waals surface area contributed by atoms with E-state index in [0.29, 0.717) is 30.3 Å². The second kappa shape index (κ2) is 6.55. The van der Waals surface area contributed by atoms with Crippen molar-refractivity contribution in [1.29, 1.82) is 0 Å². The van der Waals surface area contributed by atoms with Gasteiger partial charge in [-0.05, 0) is 37.0 Å². The molecule has 6 nitrogen and oxygen atoms in total. The summed E-state index contributed by atoms with van der Waals surface area (Å²) in [7, 11) is 0. The molecule has 4 rings (SSSR count). The van der Waals surface area contributed by atoms with Crippen molar-refractivity contribution in [2.75, 3.05) is 0 Å². The standard InChI is InChI=1S/C19H19N3O3/c23-16(21-19(11-5-12-19)14-6-2-1-3-7-14)9-10-17-20-18(22-25-17)15-8-4-13-24-15/h1-4,6-8,13H,5,9-12H2,(H,21,23). The van der Waals surface area contributed by atoms with Gasteiger partial charge in [0, 0.05) is 12.8 Å². The Kier molecular flexibility index (Phi) is 4.09. The molecule has 25 heavy (non-hydrogen) atoms. The molecular weight excluding hydrogens is 318 g/mol. The van der Waals surface area contributed by atoms with Crippen LogP contribution in [0.3, 0.4) is 0 Å². The Morgan fingerprint density at radius 3 is 2.68 bits per heavy atom. The van der Waals surface area contributed by atoms with Gasteiger partial charge >= 0.3 is 0 Å². The molecule has 1 amide bonds. The maximum absolute atomic E-state index is 12.4. The van der Waals surface area contributed by atoms with Crippen molar-refractivity contribution in [2.45, 2.75) is 37.6 Å². The van der Waals surface area contributed by atoms with Crippen LogP contribution in [-0.2, 0) is 16.8 Å². The molecular formula is C19H19N3O3. The van der Waals surface area contributed by atoms with Gasteiger partial charge in [-0.2, -0.15) is 4.98 Å². The lowest BCUT2D eigenvalue weighted by molar-refractivity contribution is -0.124. The predicted octanol–water partition coefficient (Wildman–Crippen LogP) is 3.46. The SMILES string of the molecule is O=C(CCc1nc(-c2ccco2)no1)NC1(c2ccccc2)CCC1. The first-order valence-corrected chi connectivity index (χ1v) is 8.48. The number of hydrogen-bond acceptors (Lipinski definition) is 5. The molecule has 0 saturated heterocycles. The van der Waals surface area contributed by atoms with Gasteiger partial charge in [0.15, 0.2) is 5.76 Å². The van der Waals surface area contributed by atoms with E-state index in [9.17, 15) is 4.79 Å². The Morgan fingerprint density at radius 2 is 2.00 bits per heavy atom. The van der Waals surface area contributed by atoms with E-state index in [1.807, 2.05) is 18.2 Å². The largest absolute Gasteiger partial charge is 0.461 e. The lowest BCUT2D eigenvalue weighted by Crippen LogP contribution is -2.50. The van der Waals surface area contributed by atoms with Crippen LogP contribution in [0.4, 0.5) is 0 Å². The molecule has 1 aliphatic rings. The molecule has 0 bridgehead atoms. The number of carbonyl (C=O) groups is 1. The Labute approximate surface area is 145 Å².